The minimum absolute atomic E-state index is 0.236. The molecule has 0 aliphatic carbocycles. The second-order valence-corrected chi connectivity index (χ2v) is 6.33. The van der Waals surface area contributed by atoms with E-state index in [1.165, 1.54) is 0 Å². The third-order valence-corrected chi connectivity index (χ3v) is 3.57. The Kier molecular flexibility index (Phi) is 6.10. The van der Waals surface area contributed by atoms with Gasteiger partial charge in [-0.2, -0.15) is 0 Å². The Morgan fingerprint density at radius 3 is 2.21 bits per heavy atom. The highest BCUT2D eigenvalue weighted by molar-refractivity contribution is 6.30. The second kappa shape index (κ2) is 8.06. The number of carbonyl (C=O) groups excluding carboxylic acids is 1. The lowest BCUT2D eigenvalue weighted by Crippen LogP contribution is -2.42. The number of ether oxygens (including phenoxy) is 2. The number of hydrogen-bond donors (Lipinski definition) is 1. The van der Waals surface area contributed by atoms with E-state index in [9.17, 15) is 4.79 Å². The molecule has 4 nitrogen and oxygen atoms in total. The van der Waals surface area contributed by atoms with Crippen molar-refractivity contribution in [2.75, 3.05) is 11.9 Å². The first-order valence-corrected chi connectivity index (χ1v) is 8.27. The van der Waals surface area contributed by atoms with Crippen molar-refractivity contribution in [2.24, 2.45) is 0 Å². The molecule has 0 aromatic heterocycles. The zero-order valence-corrected chi connectivity index (χ0v) is 14.9. The molecule has 0 aliphatic heterocycles. The third-order valence-electron chi connectivity index (χ3n) is 3.32. The smallest absolute Gasteiger partial charge is 0.267 e. The number of nitrogens with one attached hydrogen (secondary N) is 1. The highest BCUT2D eigenvalue weighted by Crippen LogP contribution is 2.23. The normalized spacial score (nSPS) is 11.0. The van der Waals surface area contributed by atoms with Crippen LogP contribution < -0.4 is 14.8 Å². The number of benzene rings is 2. The van der Waals surface area contributed by atoms with Gasteiger partial charge in [0.1, 0.15) is 11.5 Å². The predicted octanol–water partition coefficient (Wildman–Crippen LogP) is 4.92. The van der Waals surface area contributed by atoms with Gasteiger partial charge < -0.3 is 14.8 Å². The van der Waals surface area contributed by atoms with Gasteiger partial charge in [-0.3, -0.25) is 4.79 Å². The summed E-state index contributed by atoms with van der Waals surface area (Å²) in [4.78, 5) is 12.5. The Bertz CT molecular complexity index is 666. The van der Waals surface area contributed by atoms with E-state index in [2.05, 4.69) is 12.2 Å². The van der Waals surface area contributed by atoms with Crippen LogP contribution in [0.15, 0.2) is 48.5 Å². The molecule has 0 aliphatic rings. The van der Waals surface area contributed by atoms with Crippen molar-refractivity contribution < 1.29 is 14.3 Å². The van der Waals surface area contributed by atoms with E-state index in [0.29, 0.717) is 23.1 Å². The van der Waals surface area contributed by atoms with E-state index < -0.39 is 5.60 Å². The van der Waals surface area contributed by atoms with Gasteiger partial charge in [0.15, 0.2) is 5.60 Å². The lowest BCUT2D eigenvalue weighted by Gasteiger charge is -2.25. The van der Waals surface area contributed by atoms with E-state index in [-0.39, 0.29) is 5.91 Å². The fourth-order valence-electron chi connectivity index (χ4n) is 1.98. The van der Waals surface area contributed by atoms with Gasteiger partial charge in [-0.05, 0) is 68.8 Å². The first-order chi connectivity index (χ1) is 11.4. The summed E-state index contributed by atoms with van der Waals surface area (Å²) < 4.78 is 11.3. The molecule has 1 amide bonds. The van der Waals surface area contributed by atoms with Gasteiger partial charge in [0.05, 0.1) is 6.61 Å². The van der Waals surface area contributed by atoms with Crippen LogP contribution in [0.2, 0.25) is 5.02 Å². The SMILES string of the molecule is CCCOc1ccc(NC(=O)C(C)(C)Oc2ccc(Cl)cc2)cc1. The number of halogens is 1. The molecule has 0 radical (unpaired) electrons. The molecule has 0 saturated heterocycles. The Balaban J connectivity index is 1.98. The molecule has 0 bridgehead atoms. The largest absolute Gasteiger partial charge is 0.494 e. The number of hydrogen-bond acceptors (Lipinski definition) is 3. The summed E-state index contributed by atoms with van der Waals surface area (Å²) in [7, 11) is 0. The van der Waals surface area contributed by atoms with Crippen LogP contribution in [-0.4, -0.2) is 18.1 Å². The average molecular weight is 348 g/mol. The minimum atomic E-state index is -1.02. The van der Waals surface area contributed by atoms with E-state index >= 15 is 0 Å². The number of anilines is 1. The Morgan fingerprint density at radius 1 is 1.04 bits per heavy atom. The van der Waals surface area contributed by atoms with Gasteiger partial charge >= 0.3 is 0 Å². The highest BCUT2D eigenvalue weighted by atomic mass is 35.5. The van der Waals surface area contributed by atoms with Gasteiger partial charge in [0.2, 0.25) is 0 Å². The van der Waals surface area contributed by atoms with Gasteiger partial charge in [-0.25, -0.2) is 0 Å². The Labute approximate surface area is 147 Å². The molecule has 0 heterocycles. The third kappa shape index (κ3) is 5.17. The van der Waals surface area contributed by atoms with Crippen LogP contribution in [0.5, 0.6) is 11.5 Å². The van der Waals surface area contributed by atoms with Crippen LogP contribution in [0.4, 0.5) is 5.69 Å². The fourth-order valence-corrected chi connectivity index (χ4v) is 2.11. The van der Waals surface area contributed by atoms with Crippen molar-refractivity contribution in [1.82, 2.24) is 0 Å². The molecular weight excluding hydrogens is 326 g/mol. The highest BCUT2D eigenvalue weighted by Gasteiger charge is 2.30. The molecule has 0 saturated carbocycles. The number of amides is 1. The quantitative estimate of drug-likeness (QED) is 0.772. The van der Waals surface area contributed by atoms with Crippen LogP contribution in [0.25, 0.3) is 0 Å². The lowest BCUT2D eigenvalue weighted by atomic mass is 10.1. The van der Waals surface area contributed by atoms with Crippen LogP contribution in [-0.2, 0) is 4.79 Å². The molecule has 0 spiro atoms. The standard InChI is InChI=1S/C19H22ClNO3/c1-4-13-23-16-11-7-15(8-12-16)21-18(22)19(2,3)24-17-9-5-14(20)6-10-17/h5-12H,4,13H2,1-3H3,(H,21,22). The molecule has 0 atom stereocenters. The summed E-state index contributed by atoms with van der Waals surface area (Å²) in [6, 6.07) is 14.2. The lowest BCUT2D eigenvalue weighted by molar-refractivity contribution is -0.128. The Morgan fingerprint density at radius 2 is 1.62 bits per heavy atom. The monoisotopic (exact) mass is 347 g/mol. The summed E-state index contributed by atoms with van der Waals surface area (Å²) in [6.45, 7) is 6.16. The number of rotatable bonds is 7. The maximum Gasteiger partial charge on any atom is 0.267 e. The second-order valence-electron chi connectivity index (χ2n) is 5.89. The van der Waals surface area contributed by atoms with E-state index in [1.807, 2.05) is 12.1 Å². The summed E-state index contributed by atoms with van der Waals surface area (Å²) in [5, 5.41) is 3.47. The Hall–Kier alpha value is -2.20. The summed E-state index contributed by atoms with van der Waals surface area (Å²) in [5.74, 6) is 1.13. The molecule has 0 fully saturated rings. The van der Waals surface area contributed by atoms with Crippen molar-refractivity contribution >= 4 is 23.2 Å². The topological polar surface area (TPSA) is 47.6 Å². The zero-order valence-electron chi connectivity index (χ0n) is 14.1. The van der Waals surface area contributed by atoms with Gasteiger partial charge in [0, 0.05) is 10.7 Å². The summed E-state index contributed by atoms with van der Waals surface area (Å²) in [6.07, 6.45) is 0.953. The van der Waals surface area contributed by atoms with Crippen molar-refractivity contribution in [3.05, 3.63) is 53.6 Å². The predicted molar refractivity (Wildman–Crippen MR) is 97.0 cm³/mol. The van der Waals surface area contributed by atoms with E-state index in [1.54, 1.807) is 50.2 Å². The van der Waals surface area contributed by atoms with Crippen LogP contribution in [0, 0.1) is 0 Å². The molecule has 128 valence electrons. The summed E-state index contributed by atoms with van der Waals surface area (Å²) >= 11 is 5.85. The van der Waals surface area contributed by atoms with E-state index in [0.717, 1.165) is 12.2 Å². The van der Waals surface area contributed by atoms with Gasteiger partial charge in [-0.15, -0.1) is 0 Å². The minimum Gasteiger partial charge on any atom is -0.494 e. The number of carbonyl (C=O) groups is 1. The van der Waals surface area contributed by atoms with E-state index in [4.69, 9.17) is 21.1 Å². The molecule has 0 unspecified atom stereocenters. The van der Waals surface area contributed by atoms with Crippen molar-refractivity contribution in [2.45, 2.75) is 32.8 Å². The van der Waals surface area contributed by atoms with Crippen LogP contribution >= 0.6 is 11.6 Å². The average Bonchev–Trinajstić information content (AvgIpc) is 2.56. The molecule has 24 heavy (non-hydrogen) atoms. The molecule has 5 heteroatoms. The van der Waals surface area contributed by atoms with Gasteiger partial charge in [0.25, 0.3) is 5.91 Å². The molecule has 2 rings (SSSR count). The van der Waals surface area contributed by atoms with Gasteiger partial charge in [-0.1, -0.05) is 18.5 Å². The maximum atomic E-state index is 12.5. The van der Waals surface area contributed by atoms with Crippen LogP contribution in [0.3, 0.4) is 0 Å². The first-order valence-electron chi connectivity index (χ1n) is 7.89. The van der Waals surface area contributed by atoms with Crippen molar-refractivity contribution in [3.63, 3.8) is 0 Å². The zero-order chi connectivity index (χ0) is 17.6. The maximum absolute atomic E-state index is 12.5. The van der Waals surface area contributed by atoms with Crippen molar-refractivity contribution in [1.29, 1.82) is 0 Å². The summed E-state index contributed by atoms with van der Waals surface area (Å²) in [5.41, 5.74) is -0.331. The molecule has 2 aromatic carbocycles. The molecule has 2 aromatic rings. The molecular formula is C19H22ClNO3. The molecule has 1 N–H and O–H groups in total. The fraction of sp³-hybridized carbons (Fsp3) is 0.316. The van der Waals surface area contributed by atoms with Crippen LogP contribution in [0.1, 0.15) is 27.2 Å². The van der Waals surface area contributed by atoms with Crippen molar-refractivity contribution in [3.8, 4) is 11.5 Å². The first kappa shape index (κ1) is 18.1.